The average Bonchev–Trinajstić information content (AvgIpc) is 2.35. The maximum absolute atomic E-state index is 11.6. The first-order valence-electron chi connectivity index (χ1n) is 5.95. The predicted octanol–water partition coefficient (Wildman–Crippen LogP) is 1.79. The van der Waals surface area contributed by atoms with Gasteiger partial charge in [-0.1, -0.05) is 24.6 Å². The normalized spacial score (nSPS) is 10.2. The summed E-state index contributed by atoms with van der Waals surface area (Å²) in [4.78, 5) is 13.4. The molecule has 2 N–H and O–H groups in total. The van der Waals surface area contributed by atoms with Crippen molar-refractivity contribution in [1.29, 1.82) is 0 Å². The Morgan fingerprint density at radius 3 is 2.78 bits per heavy atom. The molecule has 1 amide bonds. The molecule has 0 spiro atoms. The van der Waals surface area contributed by atoms with E-state index in [9.17, 15) is 4.79 Å². The Labute approximate surface area is 113 Å². The first-order chi connectivity index (χ1) is 8.58. The second kappa shape index (κ2) is 7.24. The van der Waals surface area contributed by atoms with Crippen LogP contribution in [0.4, 0.5) is 5.69 Å². The molecular formula is C13H19ClN2O2. The minimum Gasteiger partial charge on any atom is -0.392 e. The second-order valence-corrected chi connectivity index (χ2v) is 4.56. The summed E-state index contributed by atoms with van der Waals surface area (Å²) in [6.45, 7) is 2.91. The Kier molecular flexibility index (Phi) is 5.95. The molecule has 1 aromatic carbocycles. The van der Waals surface area contributed by atoms with Crippen molar-refractivity contribution < 1.29 is 9.90 Å². The van der Waals surface area contributed by atoms with Crippen molar-refractivity contribution in [1.82, 2.24) is 5.32 Å². The molecule has 1 rings (SSSR count). The average molecular weight is 271 g/mol. The van der Waals surface area contributed by atoms with Crippen LogP contribution >= 0.6 is 11.6 Å². The molecule has 5 heteroatoms. The van der Waals surface area contributed by atoms with Gasteiger partial charge in [-0.25, -0.2) is 0 Å². The molecule has 0 radical (unpaired) electrons. The van der Waals surface area contributed by atoms with Crippen LogP contribution in [0.5, 0.6) is 0 Å². The van der Waals surface area contributed by atoms with Crippen LogP contribution in [0.15, 0.2) is 18.2 Å². The summed E-state index contributed by atoms with van der Waals surface area (Å²) in [6, 6.07) is 5.31. The highest BCUT2D eigenvalue weighted by Crippen LogP contribution is 2.25. The topological polar surface area (TPSA) is 52.6 Å². The predicted molar refractivity (Wildman–Crippen MR) is 73.9 cm³/mol. The van der Waals surface area contributed by atoms with Crippen molar-refractivity contribution in [2.75, 3.05) is 25.0 Å². The van der Waals surface area contributed by atoms with Crippen molar-refractivity contribution in [3.63, 3.8) is 0 Å². The van der Waals surface area contributed by atoms with Crippen molar-refractivity contribution in [3.05, 3.63) is 28.8 Å². The van der Waals surface area contributed by atoms with Crippen LogP contribution in [0.25, 0.3) is 0 Å². The van der Waals surface area contributed by atoms with Gasteiger partial charge in [0.05, 0.1) is 23.9 Å². The van der Waals surface area contributed by atoms with Crippen LogP contribution in [0.3, 0.4) is 0 Å². The zero-order valence-corrected chi connectivity index (χ0v) is 11.5. The van der Waals surface area contributed by atoms with Crippen LogP contribution in [0.1, 0.15) is 18.9 Å². The maximum atomic E-state index is 11.6. The van der Waals surface area contributed by atoms with Gasteiger partial charge in [-0.05, 0) is 24.1 Å². The molecule has 0 aliphatic carbocycles. The minimum atomic E-state index is -0.0410. The zero-order valence-electron chi connectivity index (χ0n) is 10.7. The molecular weight excluding hydrogens is 252 g/mol. The molecule has 0 unspecified atom stereocenters. The van der Waals surface area contributed by atoms with Gasteiger partial charge in [-0.2, -0.15) is 0 Å². The van der Waals surface area contributed by atoms with Gasteiger partial charge in [-0.3, -0.25) is 4.79 Å². The van der Waals surface area contributed by atoms with E-state index in [1.54, 1.807) is 23.1 Å². The van der Waals surface area contributed by atoms with E-state index in [0.29, 0.717) is 11.6 Å². The summed E-state index contributed by atoms with van der Waals surface area (Å²) in [5, 5.41) is 12.3. The lowest BCUT2D eigenvalue weighted by molar-refractivity contribution is -0.119. The summed E-state index contributed by atoms with van der Waals surface area (Å²) in [5.41, 5.74) is 1.54. The number of aliphatic hydroxyl groups excluding tert-OH is 1. The summed E-state index contributed by atoms with van der Waals surface area (Å²) in [6.07, 6.45) is 0.918. The van der Waals surface area contributed by atoms with Crippen molar-refractivity contribution >= 4 is 23.2 Å². The number of carbonyl (C=O) groups excluding carboxylic acids is 1. The van der Waals surface area contributed by atoms with Crippen LogP contribution in [-0.4, -0.2) is 31.2 Å². The molecule has 100 valence electrons. The Hall–Kier alpha value is -1.26. The van der Waals surface area contributed by atoms with E-state index >= 15 is 0 Å². The summed E-state index contributed by atoms with van der Waals surface area (Å²) < 4.78 is 0. The molecule has 0 aliphatic rings. The van der Waals surface area contributed by atoms with Gasteiger partial charge in [0.25, 0.3) is 0 Å². The molecule has 0 saturated heterocycles. The number of benzene rings is 1. The third-order valence-electron chi connectivity index (χ3n) is 2.56. The standard InChI is InChI=1S/C13H19ClN2O2/c1-3-6-15-13(18)8-16(2)12-5-4-10(9-17)7-11(12)14/h4-5,7,17H,3,6,8-9H2,1-2H3,(H,15,18). The number of nitrogens with one attached hydrogen (secondary N) is 1. The minimum absolute atomic E-state index is 0.0262. The van der Waals surface area contributed by atoms with Crippen molar-refractivity contribution in [2.45, 2.75) is 20.0 Å². The highest BCUT2D eigenvalue weighted by molar-refractivity contribution is 6.33. The smallest absolute Gasteiger partial charge is 0.239 e. The number of amides is 1. The lowest BCUT2D eigenvalue weighted by Crippen LogP contribution is -2.35. The molecule has 0 atom stereocenters. The van der Waals surface area contributed by atoms with Gasteiger partial charge < -0.3 is 15.3 Å². The van der Waals surface area contributed by atoms with Crippen LogP contribution in [0, 0.1) is 0 Å². The molecule has 0 saturated carbocycles. The van der Waals surface area contributed by atoms with E-state index < -0.39 is 0 Å². The molecule has 0 bridgehead atoms. The number of rotatable bonds is 6. The molecule has 4 nitrogen and oxygen atoms in total. The highest BCUT2D eigenvalue weighted by Gasteiger charge is 2.10. The number of nitrogens with zero attached hydrogens (tertiary/aromatic N) is 1. The van der Waals surface area contributed by atoms with E-state index in [4.69, 9.17) is 16.7 Å². The van der Waals surface area contributed by atoms with Gasteiger partial charge in [-0.15, -0.1) is 0 Å². The van der Waals surface area contributed by atoms with Crippen LogP contribution in [0.2, 0.25) is 5.02 Å². The number of hydrogen-bond acceptors (Lipinski definition) is 3. The number of hydrogen-bond donors (Lipinski definition) is 2. The Morgan fingerprint density at radius 2 is 2.22 bits per heavy atom. The van der Waals surface area contributed by atoms with Gasteiger partial charge in [0.15, 0.2) is 0 Å². The fourth-order valence-corrected chi connectivity index (χ4v) is 1.93. The number of carbonyl (C=O) groups is 1. The first kappa shape index (κ1) is 14.8. The quantitative estimate of drug-likeness (QED) is 0.829. The van der Waals surface area contributed by atoms with Crippen molar-refractivity contribution in [2.24, 2.45) is 0 Å². The fraction of sp³-hybridized carbons (Fsp3) is 0.462. The number of likely N-dealkylation sites (N-methyl/N-ethyl adjacent to an activating group) is 1. The largest absolute Gasteiger partial charge is 0.392 e. The van der Waals surface area contributed by atoms with Gasteiger partial charge >= 0.3 is 0 Å². The van der Waals surface area contributed by atoms with Crippen LogP contribution in [-0.2, 0) is 11.4 Å². The van der Waals surface area contributed by atoms with Gasteiger partial charge in [0.1, 0.15) is 0 Å². The lowest BCUT2D eigenvalue weighted by atomic mass is 10.2. The molecule has 0 aromatic heterocycles. The van der Waals surface area contributed by atoms with Crippen molar-refractivity contribution in [3.8, 4) is 0 Å². The SMILES string of the molecule is CCCNC(=O)CN(C)c1ccc(CO)cc1Cl. The molecule has 18 heavy (non-hydrogen) atoms. The Bertz CT molecular complexity index is 410. The van der Waals surface area contributed by atoms with Gasteiger partial charge in [0, 0.05) is 13.6 Å². The second-order valence-electron chi connectivity index (χ2n) is 4.15. The van der Waals surface area contributed by atoms with Crippen LogP contribution < -0.4 is 10.2 Å². The zero-order chi connectivity index (χ0) is 13.5. The van der Waals surface area contributed by atoms with Gasteiger partial charge in [0.2, 0.25) is 5.91 Å². The summed E-state index contributed by atoms with van der Waals surface area (Å²) >= 11 is 6.11. The van der Waals surface area contributed by atoms with E-state index in [0.717, 1.165) is 17.7 Å². The molecule has 0 fully saturated rings. The van der Waals surface area contributed by atoms with E-state index in [1.165, 1.54) is 0 Å². The Morgan fingerprint density at radius 1 is 1.50 bits per heavy atom. The Balaban J connectivity index is 2.66. The highest BCUT2D eigenvalue weighted by atomic mass is 35.5. The number of halogens is 1. The number of aliphatic hydroxyl groups is 1. The molecule has 0 aliphatic heterocycles. The van der Waals surface area contributed by atoms with E-state index in [-0.39, 0.29) is 19.1 Å². The monoisotopic (exact) mass is 270 g/mol. The van der Waals surface area contributed by atoms with E-state index in [1.807, 2.05) is 14.0 Å². The third-order valence-corrected chi connectivity index (χ3v) is 2.86. The number of anilines is 1. The fourth-order valence-electron chi connectivity index (χ4n) is 1.58. The van der Waals surface area contributed by atoms with E-state index in [2.05, 4.69) is 5.32 Å². The first-order valence-corrected chi connectivity index (χ1v) is 6.33. The maximum Gasteiger partial charge on any atom is 0.239 e. The molecule has 0 heterocycles. The lowest BCUT2D eigenvalue weighted by Gasteiger charge is -2.20. The summed E-state index contributed by atoms with van der Waals surface area (Å²) in [5.74, 6) is -0.0262. The third kappa shape index (κ3) is 4.20. The summed E-state index contributed by atoms with van der Waals surface area (Å²) in [7, 11) is 1.81. The molecule has 1 aromatic rings.